The SMILES string of the molecule is C[C@@H](Cn1cccn1)c1nc2c3c(ccc2n1[C@H]1CCCS(=O)(=O)C1)N(C(=O)O)[C@@H](C)CC3. The predicted octanol–water partition coefficient (Wildman–Crippen LogP) is 3.61. The molecule has 0 aliphatic carbocycles. The topological polar surface area (TPSA) is 110 Å². The van der Waals surface area contributed by atoms with Crippen LogP contribution in [0.1, 0.15) is 56.5 Å². The number of nitrogens with zero attached hydrogens (tertiary/aromatic N) is 5. The molecule has 1 fully saturated rings. The zero-order valence-electron chi connectivity index (χ0n) is 18.9. The largest absolute Gasteiger partial charge is 0.465 e. The van der Waals surface area contributed by atoms with E-state index < -0.39 is 15.9 Å². The van der Waals surface area contributed by atoms with Crippen LogP contribution in [0.25, 0.3) is 11.0 Å². The summed E-state index contributed by atoms with van der Waals surface area (Å²) in [5.41, 5.74) is 3.29. The Morgan fingerprint density at radius 3 is 2.82 bits per heavy atom. The summed E-state index contributed by atoms with van der Waals surface area (Å²) >= 11 is 0. The van der Waals surface area contributed by atoms with Gasteiger partial charge in [0.1, 0.15) is 5.82 Å². The third-order valence-corrected chi connectivity index (χ3v) is 8.76. The van der Waals surface area contributed by atoms with Crippen molar-refractivity contribution in [1.82, 2.24) is 19.3 Å². The molecule has 2 aliphatic rings. The molecule has 1 amide bonds. The number of amides is 1. The van der Waals surface area contributed by atoms with Gasteiger partial charge in [0, 0.05) is 36.0 Å². The summed E-state index contributed by atoms with van der Waals surface area (Å²) in [4.78, 5) is 18.4. The van der Waals surface area contributed by atoms with Crippen molar-refractivity contribution in [1.29, 1.82) is 0 Å². The normalized spacial score (nSPS) is 23.4. The zero-order chi connectivity index (χ0) is 23.3. The first-order chi connectivity index (χ1) is 15.7. The van der Waals surface area contributed by atoms with E-state index in [-0.39, 0.29) is 29.5 Å². The Morgan fingerprint density at radius 1 is 1.30 bits per heavy atom. The van der Waals surface area contributed by atoms with Crippen LogP contribution in [0.15, 0.2) is 30.6 Å². The second-order valence-electron chi connectivity index (χ2n) is 9.35. The average Bonchev–Trinajstić information content (AvgIpc) is 3.39. The number of carboxylic acid groups (broad SMARTS) is 1. The maximum atomic E-state index is 12.5. The van der Waals surface area contributed by atoms with Crippen LogP contribution < -0.4 is 4.90 Å². The van der Waals surface area contributed by atoms with E-state index in [1.807, 2.05) is 36.0 Å². The number of benzene rings is 1. The molecule has 0 bridgehead atoms. The van der Waals surface area contributed by atoms with E-state index in [2.05, 4.69) is 16.6 Å². The minimum Gasteiger partial charge on any atom is -0.465 e. The molecule has 2 aromatic heterocycles. The summed E-state index contributed by atoms with van der Waals surface area (Å²) in [5.74, 6) is 1.16. The fourth-order valence-electron chi connectivity index (χ4n) is 5.41. The lowest BCUT2D eigenvalue weighted by molar-refractivity contribution is 0.198. The minimum absolute atomic E-state index is 0.00401. The van der Waals surface area contributed by atoms with Crippen LogP contribution in [-0.4, -0.2) is 56.5 Å². The van der Waals surface area contributed by atoms with Crippen LogP contribution in [0.2, 0.25) is 0 Å². The van der Waals surface area contributed by atoms with Gasteiger partial charge >= 0.3 is 6.09 Å². The molecule has 1 saturated heterocycles. The Bertz CT molecular complexity index is 1300. The van der Waals surface area contributed by atoms with Gasteiger partial charge in [-0.2, -0.15) is 5.10 Å². The summed E-state index contributed by atoms with van der Waals surface area (Å²) in [7, 11) is -3.12. The smallest absolute Gasteiger partial charge is 0.412 e. The maximum Gasteiger partial charge on any atom is 0.412 e. The predicted molar refractivity (Wildman–Crippen MR) is 126 cm³/mol. The van der Waals surface area contributed by atoms with Gasteiger partial charge in [-0.05, 0) is 50.8 Å². The third kappa shape index (κ3) is 3.90. The third-order valence-electron chi connectivity index (χ3n) is 6.95. The molecule has 0 radical (unpaired) electrons. The number of imidazole rings is 1. The van der Waals surface area contributed by atoms with E-state index in [1.165, 1.54) is 4.90 Å². The zero-order valence-corrected chi connectivity index (χ0v) is 19.7. The highest BCUT2D eigenvalue weighted by Gasteiger charge is 2.34. The highest BCUT2D eigenvalue weighted by Crippen LogP contribution is 2.39. The summed E-state index contributed by atoms with van der Waals surface area (Å²) in [6.07, 6.45) is 5.56. The standard InChI is InChI=1S/C23H29N5O4S/c1-15(13-26-11-4-10-24-26)22-25-21-18-7-6-16(2)27(23(29)30)19(18)8-9-20(21)28(22)17-5-3-12-33(31,32)14-17/h4,8-11,15-17H,3,5-7,12-14H2,1-2H3,(H,29,30)/t15-,16-,17-/m0/s1. The lowest BCUT2D eigenvalue weighted by atomic mass is 9.95. The molecule has 5 rings (SSSR count). The fourth-order valence-corrected chi connectivity index (χ4v) is 7.09. The molecule has 10 heteroatoms. The van der Waals surface area contributed by atoms with Crippen molar-refractivity contribution in [2.45, 2.75) is 64.1 Å². The van der Waals surface area contributed by atoms with Crippen LogP contribution in [0.4, 0.5) is 10.5 Å². The van der Waals surface area contributed by atoms with Gasteiger partial charge in [0.05, 0.1) is 34.8 Å². The second-order valence-corrected chi connectivity index (χ2v) is 11.6. The highest BCUT2D eigenvalue weighted by atomic mass is 32.2. The van der Waals surface area contributed by atoms with Gasteiger partial charge in [-0.1, -0.05) is 6.92 Å². The van der Waals surface area contributed by atoms with E-state index >= 15 is 0 Å². The van der Waals surface area contributed by atoms with E-state index in [0.717, 1.165) is 41.7 Å². The number of hydrogen-bond donors (Lipinski definition) is 1. The van der Waals surface area contributed by atoms with Gasteiger partial charge in [0.15, 0.2) is 9.84 Å². The molecule has 0 saturated carbocycles. The Balaban J connectivity index is 1.68. The van der Waals surface area contributed by atoms with Gasteiger partial charge in [-0.3, -0.25) is 9.58 Å². The number of aromatic nitrogens is 4. The number of anilines is 1. The Hall–Kier alpha value is -2.88. The first-order valence-electron chi connectivity index (χ1n) is 11.5. The summed E-state index contributed by atoms with van der Waals surface area (Å²) in [6, 6.07) is 5.37. The van der Waals surface area contributed by atoms with Gasteiger partial charge in [-0.25, -0.2) is 18.2 Å². The number of carbonyl (C=O) groups is 1. The molecule has 9 nitrogen and oxygen atoms in total. The van der Waals surface area contributed by atoms with E-state index in [4.69, 9.17) is 4.98 Å². The molecule has 176 valence electrons. The van der Waals surface area contributed by atoms with Crippen LogP contribution in [0.3, 0.4) is 0 Å². The molecule has 4 heterocycles. The number of hydrogen-bond acceptors (Lipinski definition) is 5. The Labute approximate surface area is 192 Å². The summed E-state index contributed by atoms with van der Waals surface area (Å²) in [6.45, 7) is 4.62. The van der Waals surface area contributed by atoms with Gasteiger partial charge in [0.2, 0.25) is 0 Å². The van der Waals surface area contributed by atoms with E-state index in [1.54, 1.807) is 6.20 Å². The van der Waals surface area contributed by atoms with Gasteiger partial charge in [0.25, 0.3) is 0 Å². The monoisotopic (exact) mass is 471 g/mol. The van der Waals surface area contributed by atoms with Crippen LogP contribution in [-0.2, 0) is 22.8 Å². The second kappa shape index (κ2) is 8.16. The first kappa shape index (κ1) is 21.9. The summed E-state index contributed by atoms with van der Waals surface area (Å²) < 4.78 is 29.0. The van der Waals surface area contributed by atoms with Crippen molar-refractivity contribution in [3.8, 4) is 0 Å². The number of sulfone groups is 1. The van der Waals surface area contributed by atoms with E-state index in [0.29, 0.717) is 18.7 Å². The van der Waals surface area contributed by atoms with Crippen molar-refractivity contribution in [3.05, 3.63) is 42.0 Å². The number of fused-ring (bicyclic) bond motifs is 3. The molecular weight excluding hydrogens is 442 g/mol. The maximum absolute atomic E-state index is 12.5. The van der Waals surface area contributed by atoms with Crippen molar-refractivity contribution >= 4 is 32.7 Å². The van der Waals surface area contributed by atoms with Crippen molar-refractivity contribution < 1.29 is 18.3 Å². The quantitative estimate of drug-likeness (QED) is 0.622. The van der Waals surface area contributed by atoms with Crippen molar-refractivity contribution in [2.75, 3.05) is 16.4 Å². The molecule has 33 heavy (non-hydrogen) atoms. The minimum atomic E-state index is -3.12. The van der Waals surface area contributed by atoms with Gasteiger partial charge < -0.3 is 9.67 Å². The lowest BCUT2D eigenvalue weighted by Crippen LogP contribution is -2.41. The van der Waals surface area contributed by atoms with Crippen LogP contribution in [0.5, 0.6) is 0 Å². The Kier molecular flexibility index (Phi) is 5.43. The average molecular weight is 472 g/mol. The lowest BCUT2D eigenvalue weighted by Gasteiger charge is -2.33. The molecular formula is C23H29N5O4S. The van der Waals surface area contributed by atoms with E-state index in [9.17, 15) is 18.3 Å². The molecule has 0 spiro atoms. The van der Waals surface area contributed by atoms with Crippen LogP contribution >= 0.6 is 0 Å². The first-order valence-corrected chi connectivity index (χ1v) is 13.3. The molecule has 0 unspecified atom stereocenters. The Morgan fingerprint density at radius 2 is 2.12 bits per heavy atom. The number of rotatable bonds is 4. The molecule has 3 aromatic rings. The molecule has 2 aliphatic heterocycles. The molecule has 3 atom stereocenters. The van der Waals surface area contributed by atoms with Gasteiger partial charge in [-0.15, -0.1) is 0 Å². The highest BCUT2D eigenvalue weighted by molar-refractivity contribution is 7.91. The van der Waals surface area contributed by atoms with Crippen molar-refractivity contribution in [3.63, 3.8) is 0 Å². The van der Waals surface area contributed by atoms with Crippen LogP contribution in [0, 0.1) is 0 Å². The fraction of sp³-hybridized carbons (Fsp3) is 0.522. The summed E-state index contributed by atoms with van der Waals surface area (Å²) in [5, 5.41) is 14.1. The molecule has 1 N–H and O–H groups in total. The number of aryl methyl sites for hydroxylation is 1. The molecule has 1 aromatic carbocycles. The van der Waals surface area contributed by atoms with Crippen molar-refractivity contribution in [2.24, 2.45) is 0 Å².